The molecule has 66 valence electrons. The van der Waals surface area contributed by atoms with Crippen LogP contribution >= 0.6 is 0 Å². The molecule has 1 aromatic heterocycles. The van der Waals surface area contributed by atoms with Crippen molar-refractivity contribution >= 4 is 16.7 Å². The number of nitrogen functional groups attached to an aromatic ring is 1. The van der Waals surface area contributed by atoms with E-state index >= 15 is 0 Å². The van der Waals surface area contributed by atoms with Crippen LogP contribution in [0.4, 0.5) is 10.2 Å². The summed E-state index contributed by atoms with van der Waals surface area (Å²) in [6.07, 6.45) is 0. The molecule has 2 N–H and O–H groups in total. The Morgan fingerprint density at radius 3 is 2.85 bits per heavy atom. The van der Waals surface area contributed by atoms with Gasteiger partial charge < -0.3 is 5.73 Å². The summed E-state index contributed by atoms with van der Waals surface area (Å²) in [6, 6.07) is 6.44. The van der Waals surface area contributed by atoms with Crippen molar-refractivity contribution in [3.05, 3.63) is 35.6 Å². The molecule has 0 fully saturated rings. The fraction of sp³-hybridized carbons (Fsp3) is 0.100. The number of hydrogen-bond acceptors (Lipinski definition) is 2. The highest BCUT2D eigenvalue weighted by Gasteiger charge is 2.01. The fourth-order valence-corrected chi connectivity index (χ4v) is 1.39. The van der Waals surface area contributed by atoms with E-state index < -0.39 is 0 Å². The van der Waals surface area contributed by atoms with Crippen molar-refractivity contribution in [1.82, 2.24) is 4.98 Å². The Kier molecular flexibility index (Phi) is 1.65. The molecule has 0 aliphatic heterocycles. The number of nitrogens with zero attached hydrogens (tertiary/aromatic N) is 1. The van der Waals surface area contributed by atoms with Crippen molar-refractivity contribution in [2.24, 2.45) is 0 Å². The standard InChI is InChI=1S/C10H9FN2/c1-6-4-7(11)5-9-8(6)2-3-10(12)13-9/h2-5H,1H3,(H2,12,13). The monoisotopic (exact) mass is 176 g/mol. The highest BCUT2D eigenvalue weighted by Crippen LogP contribution is 2.19. The molecule has 1 aromatic carbocycles. The number of aromatic nitrogens is 1. The van der Waals surface area contributed by atoms with Crippen LogP contribution in [-0.4, -0.2) is 4.98 Å². The molecule has 2 aromatic rings. The predicted molar refractivity (Wildman–Crippen MR) is 50.9 cm³/mol. The van der Waals surface area contributed by atoms with Gasteiger partial charge in [-0.1, -0.05) is 0 Å². The second-order valence-electron chi connectivity index (χ2n) is 3.03. The second kappa shape index (κ2) is 2.69. The molecule has 3 heteroatoms. The van der Waals surface area contributed by atoms with Gasteiger partial charge in [-0.3, -0.25) is 0 Å². The van der Waals surface area contributed by atoms with E-state index in [-0.39, 0.29) is 5.82 Å². The number of aryl methyl sites for hydroxylation is 1. The van der Waals surface area contributed by atoms with Crippen LogP contribution in [-0.2, 0) is 0 Å². The van der Waals surface area contributed by atoms with Crippen molar-refractivity contribution in [1.29, 1.82) is 0 Å². The smallest absolute Gasteiger partial charge is 0.125 e. The molecular formula is C10H9FN2. The Labute approximate surface area is 75.2 Å². The number of rotatable bonds is 0. The Hall–Kier alpha value is -1.64. The van der Waals surface area contributed by atoms with E-state index in [9.17, 15) is 4.39 Å². The maximum Gasteiger partial charge on any atom is 0.125 e. The largest absolute Gasteiger partial charge is 0.384 e. The summed E-state index contributed by atoms with van der Waals surface area (Å²) in [5.74, 6) is 0.139. The van der Waals surface area contributed by atoms with Gasteiger partial charge in [0, 0.05) is 11.5 Å². The van der Waals surface area contributed by atoms with E-state index in [0.29, 0.717) is 11.3 Å². The molecule has 0 saturated carbocycles. The minimum atomic E-state index is -0.275. The van der Waals surface area contributed by atoms with Gasteiger partial charge in [0.25, 0.3) is 0 Å². The van der Waals surface area contributed by atoms with Crippen LogP contribution in [0, 0.1) is 12.7 Å². The summed E-state index contributed by atoms with van der Waals surface area (Å²) in [5, 5.41) is 0.940. The van der Waals surface area contributed by atoms with E-state index in [2.05, 4.69) is 4.98 Å². The predicted octanol–water partition coefficient (Wildman–Crippen LogP) is 2.26. The van der Waals surface area contributed by atoms with E-state index in [1.165, 1.54) is 12.1 Å². The van der Waals surface area contributed by atoms with Crippen LogP contribution in [0.1, 0.15) is 5.56 Å². The van der Waals surface area contributed by atoms with Gasteiger partial charge >= 0.3 is 0 Å². The lowest BCUT2D eigenvalue weighted by Gasteiger charge is -2.02. The topological polar surface area (TPSA) is 38.9 Å². The summed E-state index contributed by atoms with van der Waals surface area (Å²) in [5.41, 5.74) is 6.98. The number of benzene rings is 1. The van der Waals surface area contributed by atoms with E-state index in [1.807, 2.05) is 13.0 Å². The molecule has 0 saturated heterocycles. The van der Waals surface area contributed by atoms with E-state index in [0.717, 1.165) is 10.9 Å². The molecule has 0 spiro atoms. The average molecular weight is 176 g/mol. The van der Waals surface area contributed by atoms with Gasteiger partial charge in [-0.2, -0.15) is 0 Å². The Morgan fingerprint density at radius 1 is 1.31 bits per heavy atom. The first-order valence-corrected chi connectivity index (χ1v) is 3.99. The molecule has 0 radical (unpaired) electrons. The van der Waals surface area contributed by atoms with E-state index in [4.69, 9.17) is 5.73 Å². The first-order valence-electron chi connectivity index (χ1n) is 3.99. The van der Waals surface area contributed by atoms with Crippen molar-refractivity contribution in [2.75, 3.05) is 5.73 Å². The third-order valence-corrected chi connectivity index (χ3v) is 2.00. The molecule has 0 amide bonds. The van der Waals surface area contributed by atoms with Gasteiger partial charge in [0.05, 0.1) is 5.52 Å². The third-order valence-electron chi connectivity index (χ3n) is 2.00. The van der Waals surface area contributed by atoms with Crippen LogP contribution in [0.25, 0.3) is 10.9 Å². The van der Waals surface area contributed by atoms with E-state index in [1.54, 1.807) is 6.07 Å². The summed E-state index contributed by atoms with van der Waals surface area (Å²) in [6.45, 7) is 1.85. The minimum Gasteiger partial charge on any atom is -0.384 e. The maximum absolute atomic E-state index is 12.9. The molecule has 0 atom stereocenters. The second-order valence-corrected chi connectivity index (χ2v) is 3.03. The quantitative estimate of drug-likeness (QED) is 0.668. The molecule has 13 heavy (non-hydrogen) atoms. The van der Waals surface area contributed by atoms with Gasteiger partial charge in [0.1, 0.15) is 11.6 Å². The number of fused-ring (bicyclic) bond motifs is 1. The Bertz CT molecular complexity index is 460. The number of nitrogens with two attached hydrogens (primary N) is 1. The summed E-state index contributed by atoms with van der Waals surface area (Å²) in [4.78, 5) is 4.04. The van der Waals surface area contributed by atoms with Crippen molar-refractivity contribution in [2.45, 2.75) is 6.92 Å². The zero-order chi connectivity index (χ0) is 9.42. The molecule has 0 aliphatic rings. The van der Waals surface area contributed by atoms with Gasteiger partial charge in [0.15, 0.2) is 0 Å². The average Bonchev–Trinajstić information content (AvgIpc) is 2.02. The maximum atomic E-state index is 12.9. The van der Waals surface area contributed by atoms with Gasteiger partial charge in [-0.05, 0) is 30.7 Å². The lowest BCUT2D eigenvalue weighted by atomic mass is 10.1. The van der Waals surface area contributed by atoms with Crippen molar-refractivity contribution < 1.29 is 4.39 Å². The summed E-state index contributed by atoms with van der Waals surface area (Å²) in [7, 11) is 0. The molecule has 0 aliphatic carbocycles. The van der Waals surface area contributed by atoms with Gasteiger partial charge in [-0.25, -0.2) is 9.37 Å². The Balaban J connectivity index is 2.86. The molecular weight excluding hydrogens is 167 g/mol. The van der Waals surface area contributed by atoms with Crippen LogP contribution in [0.3, 0.4) is 0 Å². The number of hydrogen-bond donors (Lipinski definition) is 1. The highest BCUT2D eigenvalue weighted by molar-refractivity contribution is 5.83. The summed E-state index contributed by atoms with van der Waals surface area (Å²) >= 11 is 0. The van der Waals surface area contributed by atoms with Crippen molar-refractivity contribution in [3.8, 4) is 0 Å². The zero-order valence-corrected chi connectivity index (χ0v) is 7.21. The highest BCUT2D eigenvalue weighted by atomic mass is 19.1. The molecule has 2 nitrogen and oxygen atoms in total. The first kappa shape index (κ1) is 7.98. The summed E-state index contributed by atoms with van der Waals surface area (Å²) < 4.78 is 12.9. The Morgan fingerprint density at radius 2 is 2.08 bits per heavy atom. The van der Waals surface area contributed by atoms with Crippen LogP contribution in [0.2, 0.25) is 0 Å². The first-order chi connectivity index (χ1) is 6.16. The normalized spacial score (nSPS) is 10.6. The SMILES string of the molecule is Cc1cc(F)cc2nc(N)ccc12. The van der Waals surface area contributed by atoms with Crippen molar-refractivity contribution in [3.63, 3.8) is 0 Å². The fourth-order valence-electron chi connectivity index (χ4n) is 1.39. The number of anilines is 1. The third kappa shape index (κ3) is 1.33. The lowest BCUT2D eigenvalue weighted by molar-refractivity contribution is 0.628. The lowest BCUT2D eigenvalue weighted by Crippen LogP contribution is -1.91. The number of halogens is 1. The molecule has 0 unspecified atom stereocenters. The molecule has 1 heterocycles. The van der Waals surface area contributed by atoms with Crippen LogP contribution in [0.15, 0.2) is 24.3 Å². The molecule has 0 bridgehead atoms. The van der Waals surface area contributed by atoms with Gasteiger partial charge in [-0.15, -0.1) is 0 Å². The zero-order valence-electron chi connectivity index (χ0n) is 7.21. The van der Waals surface area contributed by atoms with Gasteiger partial charge in [0.2, 0.25) is 0 Å². The van der Waals surface area contributed by atoms with Crippen LogP contribution < -0.4 is 5.73 Å². The number of pyridine rings is 1. The van der Waals surface area contributed by atoms with Crippen LogP contribution in [0.5, 0.6) is 0 Å². The minimum absolute atomic E-state index is 0.275. The molecule has 2 rings (SSSR count).